The number of hydrogen-bond acceptors (Lipinski definition) is 5. The minimum atomic E-state index is -0.723. The first kappa shape index (κ1) is 20.1. The van der Waals surface area contributed by atoms with E-state index in [0.717, 1.165) is 6.08 Å². The van der Waals surface area contributed by atoms with E-state index in [-0.39, 0.29) is 18.9 Å². The van der Waals surface area contributed by atoms with Gasteiger partial charge in [0.15, 0.2) is 5.75 Å². The standard InChI is InChI=1S/C22H22F2N4O2/c1-13-19(11-26-14(2)27-13)30-12-22(15-7-16(23)9-17(24)8-15)10-18(22)21(29)28-20-5-3-4-6-25-20/h3-7,9,11,15,18H,8,10,12H2,1-2H3,(H,25,28,29)/t15?,18-,22+/m0/s1. The maximum atomic E-state index is 14.0. The molecule has 2 aliphatic rings. The van der Waals surface area contributed by atoms with Gasteiger partial charge in [-0.2, -0.15) is 0 Å². The van der Waals surface area contributed by atoms with E-state index in [4.69, 9.17) is 4.74 Å². The van der Waals surface area contributed by atoms with Crippen molar-refractivity contribution in [2.75, 3.05) is 11.9 Å². The molecule has 2 aromatic heterocycles. The van der Waals surface area contributed by atoms with Gasteiger partial charge in [0.05, 0.1) is 18.5 Å². The molecule has 0 saturated heterocycles. The fourth-order valence-electron chi connectivity index (χ4n) is 4.01. The van der Waals surface area contributed by atoms with Crippen LogP contribution in [0.5, 0.6) is 5.75 Å². The summed E-state index contributed by atoms with van der Waals surface area (Å²) in [5.74, 6) is -0.801. The highest BCUT2D eigenvalue weighted by atomic mass is 19.1. The molecule has 0 aliphatic heterocycles. The molecule has 0 aromatic carbocycles. The Morgan fingerprint density at radius 1 is 1.30 bits per heavy atom. The number of aryl methyl sites for hydroxylation is 2. The number of hydrogen-bond donors (Lipinski definition) is 1. The SMILES string of the molecule is Cc1ncc(OC[C@@]2(C3C=C(F)C=C(F)C3)C[C@H]2C(=O)Nc2ccccn2)c(C)n1. The van der Waals surface area contributed by atoms with Gasteiger partial charge in [0, 0.05) is 30.0 Å². The van der Waals surface area contributed by atoms with Crippen molar-refractivity contribution < 1.29 is 18.3 Å². The second-order valence-corrected chi connectivity index (χ2v) is 7.80. The van der Waals surface area contributed by atoms with Crippen molar-refractivity contribution in [1.82, 2.24) is 15.0 Å². The Hall–Kier alpha value is -3.16. The van der Waals surface area contributed by atoms with Crippen molar-refractivity contribution in [1.29, 1.82) is 0 Å². The molecule has 0 bridgehead atoms. The number of halogens is 2. The van der Waals surface area contributed by atoms with Crippen LogP contribution in [0.4, 0.5) is 14.6 Å². The van der Waals surface area contributed by atoms with Crippen molar-refractivity contribution in [3.8, 4) is 5.75 Å². The molecule has 2 heterocycles. The lowest BCUT2D eigenvalue weighted by Crippen LogP contribution is -2.30. The van der Waals surface area contributed by atoms with E-state index < -0.39 is 28.9 Å². The second kappa shape index (κ2) is 7.93. The predicted molar refractivity (Wildman–Crippen MR) is 107 cm³/mol. The number of amides is 1. The quantitative estimate of drug-likeness (QED) is 0.768. The molecule has 0 spiro atoms. The third-order valence-corrected chi connectivity index (χ3v) is 5.71. The Bertz CT molecular complexity index is 1030. The summed E-state index contributed by atoms with van der Waals surface area (Å²) in [6.45, 7) is 3.71. The lowest BCUT2D eigenvalue weighted by Gasteiger charge is -2.27. The fourth-order valence-corrected chi connectivity index (χ4v) is 4.01. The molecule has 1 unspecified atom stereocenters. The molecule has 2 aromatic rings. The summed E-state index contributed by atoms with van der Waals surface area (Å²) in [5, 5.41) is 2.78. The number of ether oxygens (including phenoxy) is 1. The van der Waals surface area contributed by atoms with Crippen molar-refractivity contribution in [3.63, 3.8) is 0 Å². The van der Waals surface area contributed by atoms with Crippen molar-refractivity contribution in [2.45, 2.75) is 26.7 Å². The zero-order valence-electron chi connectivity index (χ0n) is 16.7. The molecule has 30 heavy (non-hydrogen) atoms. The van der Waals surface area contributed by atoms with E-state index in [0.29, 0.717) is 29.5 Å². The Morgan fingerprint density at radius 3 is 2.83 bits per heavy atom. The maximum Gasteiger partial charge on any atom is 0.229 e. The fraction of sp³-hybridized carbons (Fsp3) is 0.364. The van der Waals surface area contributed by atoms with Crippen LogP contribution in [0.15, 0.2) is 54.4 Å². The number of aromatic nitrogens is 3. The highest BCUT2D eigenvalue weighted by molar-refractivity contribution is 5.94. The van der Waals surface area contributed by atoms with Crippen LogP contribution in [0.25, 0.3) is 0 Å². The number of pyridine rings is 1. The third-order valence-electron chi connectivity index (χ3n) is 5.71. The summed E-state index contributed by atoms with van der Waals surface area (Å²) < 4.78 is 33.9. The summed E-state index contributed by atoms with van der Waals surface area (Å²) in [4.78, 5) is 25.4. The summed E-state index contributed by atoms with van der Waals surface area (Å²) >= 11 is 0. The van der Waals surface area contributed by atoms with E-state index in [2.05, 4.69) is 20.3 Å². The number of anilines is 1. The normalized spacial score (nSPS) is 25.2. The van der Waals surface area contributed by atoms with Gasteiger partial charge < -0.3 is 10.1 Å². The van der Waals surface area contributed by atoms with Crippen molar-refractivity contribution in [2.24, 2.45) is 17.3 Å². The van der Waals surface area contributed by atoms with Crippen LogP contribution >= 0.6 is 0 Å². The van der Waals surface area contributed by atoms with E-state index in [1.54, 1.807) is 44.4 Å². The van der Waals surface area contributed by atoms with Crippen molar-refractivity contribution >= 4 is 11.7 Å². The van der Waals surface area contributed by atoms with Crippen LogP contribution in [0.1, 0.15) is 24.4 Å². The van der Waals surface area contributed by atoms with Gasteiger partial charge in [0.2, 0.25) is 5.91 Å². The van der Waals surface area contributed by atoms with E-state index in [1.165, 1.54) is 6.08 Å². The molecule has 1 N–H and O–H groups in total. The number of nitrogens with one attached hydrogen (secondary N) is 1. The lowest BCUT2D eigenvalue weighted by atomic mass is 9.82. The topological polar surface area (TPSA) is 77.0 Å². The van der Waals surface area contributed by atoms with Gasteiger partial charge >= 0.3 is 0 Å². The minimum absolute atomic E-state index is 0.0352. The number of nitrogens with zero attached hydrogens (tertiary/aromatic N) is 3. The monoisotopic (exact) mass is 412 g/mol. The smallest absolute Gasteiger partial charge is 0.229 e. The Morgan fingerprint density at radius 2 is 2.13 bits per heavy atom. The zero-order chi connectivity index (χ0) is 21.3. The van der Waals surface area contributed by atoms with Gasteiger partial charge in [0.25, 0.3) is 0 Å². The number of rotatable bonds is 6. The summed E-state index contributed by atoms with van der Waals surface area (Å²) in [7, 11) is 0. The van der Waals surface area contributed by atoms with Crippen molar-refractivity contribution in [3.05, 3.63) is 65.9 Å². The average Bonchev–Trinajstić information content (AvgIpc) is 3.44. The highest BCUT2D eigenvalue weighted by Gasteiger charge is 2.63. The van der Waals surface area contributed by atoms with E-state index in [1.807, 2.05) is 0 Å². The van der Waals surface area contributed by atoms with Gasteiger partial charge in [-0.25, -0.2) is 23.7 Å². The molecular formula is C22H22F2N4O2. The molecule has 156 valence electrons. The zero-order valence-corrected chi connectivity index (χ0v) is 16.7. The second-order valence-electron chi connectivity index (χ2n) is 7.80. The van der Waals surface area contributed by atoms with Gasteiger partial charge in [-0.3, -0.25) is 4.79 Å². The predicted octanol–water partition coefficient (Wildman–Crippen LogP) is 4.24. The molecule has 1 fully saturated rings. The number of carbonyl (C=O) groups is 1. The molecule has 6 nitrogen and oxygen atoms in total. The molecule has 3 atom stereocenters. The molecule has 4 rings (SSSR count). The summed E-state index contributed by atoms with van der Waals surface area (Å²) in [6.07, 6.45) is 5.92. The van der Waals surface area contributed by atoms with Gasteiger partial charge in [0.1, 0.15) is 23.3 Å². The average molecular weight is 412 g/mol. The van der Waals surface area contributed by atoms with Crippen LogP contribution in [-0.4, -0.2) is 27.5 Å². The highest BCUT2D eigenvalue weighted by Crippen LogP contribution is 2.61. The molecule has 2 aliphatic carbocycles. The Labute approximate surface area is 173 Å². The lowest BCUT2D eigenvalue weighted by molar-refractivity contribution is -0.118. The first-order chi connectivity index (χ1) is 14.4. The first-order valence-corrected chi connectivity index (χ1v) is 9.76. The van der Waals surface area contributed by atoms with Crippen LogP contribution in [0, 0.1) is 31.1 Å². The minimum Gasteiger partial charge on any atom is -0.489 e. The van der Waals surface area contributed by atoms with Gasteiger partial charge in [-0.15, -0.1) is 0 Å². The van der Waals surface area contributed by atoms with Crippen LogP contribution in [0.3, 0.4) is 0 Å². The largest absolute Gasteiger partial charge is 0.489 e. The Balaban J connectivity index is 1.55. The van der Waals surface area contributed by atoms with E-state index in [9.17, 15) is 13.6 Å². The summed E-state index contributed by atoms with van der Waals surface area (Å²) in [5.41, 5.74) is -0.0525. The van der Waals surface area contributed by atoms with Gasteiger partial charge in [-0.1, -0.05) is 6.07 Å². The molecule has 1 amide bonds. The first-order valence-electron chi connectivity index (χ1n) is 9.76. The van der Waals surface area contributed by atoms with Crippen LogP contribution < -0.4 is 10.1 Å². The molecular weight excluding hydrogens is 390 g/mol. The Kier molecular flexibility index (Phi) is 5.32. The molecule has 8 heteroatoms. The number of allylic oxidation sites excluding steroid dienone is 4. The van der Waals surface area contributed by atoms with Crippen LogP contribution in [0.2, 0.25) is 0 Å². The third kappa shape index (κ3) is 4.08. The molecule has 1 saturated carbocycles. The summed E-state index contributed by atoms with van der Waals surface area (Å²) in [6, 6.07) is 5.21. The molecule has 0 radical (unpaired) electrons. The van der Waals surface area contributed by atoms with E-state index >= 15 is 0 Å². The maximum absolute atomic E-state index is 14.0. The number of carbonyl (C=O) groups excluding carboxylic acids is 1. The van der Waals surface area contributed by atoms with Crippen LogP contribution in [-0.2, 0) is 4.79 Å². The van der Waals surface area contributed by atoms with Gasteiger partial charge in [-0.05, 0) is 44.4 Å².